The van der Waals surface area contributed by atoms with Crippen molar-refractivity contribution < 1.29 is 99.9 Å². The van der Waals surface area contributed by atoms with Crippen molar-refractivity contribution in [1.29, 1.82) is 0 Å². The number of nitrogens with zero attached hydrogens (tertiary/aromatic N) is 5. The van der Waals surface area contributed by atoms with Crippen LogP contribution in [0, 0.1) is 81.1 Å². The maximum absolute atomic E-state index is 14.7. The SMILES string of the molecule is CCN(Cc1ccc(Cl)nc1)/C(=C/[N+](=O)[O-])NC.CC[C@H]1CCC[C@H](O[C@H]2CC[C@H](N(C)C)[C@@H](C)O2)[C@@H](C)C(=O)C2=C[C@@H]3[C@@H](C=C(C)[C@@H]4C[C@@H](O[C@@H]5O[C@@H](C)[C@H](OC)[C@@H](OC)[C@H]5OC)C[C@@H]34)[C@@H]2CC(=O)O1.CC[C@H]1CCC[C@H](O[C@H]2CC[C@H](N(C)C)[C@@H](C)O2)[C@@H](C)C(=O)C2=C[C@@H]3[C@@H](C=C[C@@H]4C[C@@H](O[C@@H]5O[C@@H](C)[C@H](OC)[C@@H](OC)[C@H]5OC)C[C@@H]34)[C@@H]2CC(=O)O1. The average Bonchev–Trinajstić information content (AvgIpc) is 1.59. The summed E-state index contributed by atoms with van der Waals surface area (Å²) in [5, 5.41) is 13.8. The number of carbonyl (C=O) groups is 4. The number of fused-ring (bicyclic) bond motifs is 10. The molecule has 2 saturated carbocycles. The van der Waals surface area contributed by atoms with Crippen LogP contribution in [0.15, 0.2) is 77.4 Å². The smallest absolute Gasteiger partial charge is 0.306 e. The first-order valence-electron chi connectivity index (χ1n) is 45.8. The van der Waals surface area contributed by atoms with E-state index in [9.17, 15) is 29.3 Å². The van der Waals surface area contributed by atoms with Gasteiger partial charge in [-0.2, -0.15) is 0 Å². The fourth-order valence-electron chi connectivity index (χ4n) is 22.7. The lowest BCUT2D eigenvalue weighted by Gasteiger charge is -2.44. The summed E-state index contributed by atoms with van der Waals surface area (Å²) in [6.45, 7) is 21.6. The number of hydrogen-bond donors (Lipinski definition) is 1. The molecule has 13 rings (SSSR count). The molecule has 0 bridgehead atoms. The first kappa shape index (κ1) is 98.4. The molecular weight excluding hydrogens is 1600 g/mol. The van der Waals surface area contributed by atoms with Crippen molar-refractivity contribution in [2.45, 2.75) is 326 Å². The molecule has 6 aliphatic heterocycles. The zero-order valence-corrected chi connectivity index (χ0v) is 77.8. The summed E-state index contributed by atoms with van der Waals surface area (Å²) in [5.74, 6) is 0.485. The van der Waals surface area contributed by atoms with Crippen LogP contribution < -0.4 is 5.32 Å². The number of allylic oxidation sites excluding steroid dienone is 8. The van der Waals surface area contributed by atoms with Crippen molar-refractivity contribution in [2.75, 3.05) is 84.4 Å². The van der Waals surface area contributed by atoms with Crippen LogP contribution in [0.3, 0.4) is 0 Å². The quantitative estimate of drug-likeness (QED) is 0.0331. The molecule has 0 spiro atoms. The average molecular weight is 1750 g/mol. The first-order chi connectivity index (χ1) is 58.9. The van der Waals surface area contributed by atoms with E-state index in [2.05, 4.69) is 113 Å². The lowest BCUT2D eigenvalue weighted by molar-refractivity contribution is -0.404. The normalized spacial score (nSPS) is 40.5. The molecule has 29 heteroatoms. The number of rotatable bonds is 24. The Labute approximate surface area is 736 Å². The maximum atomic E-state index is 14.7. The molecule has 0 aromatic carbocycles. The first-order valence-corrected chi connectivity index (χ1v) is 46.2. The number of Topliss-reactive ketones (excluding diaryl/α,β-unsaturated/α-hetero) is 2. The Morgan fingerprint density at radius 3 is 1.46 bits per heavy atom. The molecule has 0 radical (unpaired) electrons. The number of methoxy groups -OCH3 is 6. The van der Waals surface area contributed by atoms with Gasteiger partial charge in [-0.3, -0.25) is 29.3 Å². The van der Waals surface area contributed by atoms with E-state index in [0.717, 1.165) is 113 Å². The van der Waals surface area contributed by atoms with E-state index in [1.165, 1.54) is 5.57 Å². The molecule has 0 unspecified atom stereocenters. The van der Waals surface area contributed by atoms with Crippen molar-refractivity contribution >= 4 is 35.1 Å². The van der Waals surface area contributed by atoms with Gasteiger partial charge in [-0.25, -0.2) is 4.98 Å². The number of nitrogens with one attached hydrogen (secondary N) is 1. The van der Waals surface area contributed by atoms with E-state index in [0.29, 0.717) is 60.8 Å². The largest absolute Gasteiger partial charge is 0.462 e. The van der Waals surface area contributed by atoms with Gasteiger partial charge in [0.1, 0.15) is 54.0 Å². The second kappa shape index (κ2) is 45.4. The van der Waals surface area contributed by atoms with Crippen LogP contribution in [0.2, 0.25) is 5.15 Å². The molecule has 7 heterocycles. The van der Waals surface area contributed by atoms with Crippen LogP contribution in [0.4, 0.5) is 0 Å². The number of cyclic esters (lactones) is 2. The van der Waals surface area contributed by atoms with E-state index in [4.69, 9.17) is 87.4 Å². The molecule has 123 heavy (non-hydrogen) atoms. The van der Waals surface area contributed by atoms with Gasteiger partial charge in [0, 0.05) is 105 Å². The van der Waals surface area contributed by atoms with E-state index in [1.54, 1.807) is 62.0 Å². The van der Waals surface area contributed by atoms with Gasteiger partial charge in [-0.05, 0) is 243 Å². The third-order valence-corrected chi connectivity index (χ3v) is 29.5. The third-order valence-electron chi connectivity index (χ3n) is 29.3. The number of hydrogen-bond acceptors (Lipinski definition) is 27. The number of carbonyl (C=O) groups excluding carboxylic acids is 4. The summed E-state index contributed by atoms with van der Waals surface area (Å²) in [6.07, 6.45) is 22.0. The predicted octanol–water partition coefficient (Wildman–Crippen LogP) is 13.2. The molecule has 1 aromatic rings. The molecule has 0 amide bonds. The van der Waals surface area contributed by atoms with Crippen LogP contribution in [0.1, 0.15) is 190 Å². The van der Waals surface area contributed by atoms with Gasteiger partial charge in [0.2, 0.25) is 0 Å². The molecule has 6 saturated heterocycles. The summed E-state index contributed by atoms with van der Waals surface area (Å²) in [6, 6.07) is 4.22. The monoisotopic (exact) mass is 1750 g/mol. The predicted molar refractivity (Wildman–Crippen MR) is 463 cm³/mol. The number of halogens is 1. The molecule has 8 fully saturated rings. The van der Waals surface area contributed by atoms with Crippen molar-refractivity contribution in [2.24, 2.45) is 71.0 Å². The van der Waals surface area contributed by atoms with Crippen molar-refractivity contribution in [3.05, 3.63) is 98.3 Å². The highest BCUT2D eigenvalue weighted by atomic mass is 35.5. The third kappa shape index (κ3) is 23.5. The Kier molecular flexibility index (Phi) is 36.3. The Hall–Kier alpha value is -5.22. The fraction of sp³-hybridized carbons (Fsp3) is 0.798. The minimum atomic E-state index is -0.598. The van der Waals surface area contributed by atoms with Gasteiger partial charge in [-0.15, -0.1) is 0 Å². The Morgan fingerprint density at radius 1 is 0.553 bits per heavy atom. The zero-order chi connectivity index (χ0) is 88.9. The van der Waals surface area contributed by atoms with Crippen LogP contribution >= 0.6 is 11.6 Å². The van der Waals surface area contributed by atoms with E-state index in [1.807, 2.05) is 45.6 Å². The summed E-state index contributed by atoms with van der Waals surface area (Å²) in [7, 11) is 20.0. The minimum absolute atomic E-state index is 0.0364. The van der Waals surface area contributed by atoms with Gasteiger partial charge in [-0.1, -0.05) is 81.3 Å². The number of nitro groups is 1. The molecule has 12 aliphatic rings. The van der Waals surface area contributed by atoms with E-state index < -0.39 is 29.7 Å². The van der Waals surface area contributed by atoms with Crippen LogP contribution in [-0.2, 0) is 102 Å². The second-order valence-corrected chi connectivity index (χ2v) is 37.4. The van der Waals surface area contributed by atoms with E-state index in [-0.39, 0.29) is 194 Å². The number of pyridine rings is 1. The van der Waals surface area contributed by atoms with Crippen molar-refractivity contribution in [3.8, 4) is 0 Å². The minimum Gasteiger partial charge on any atom is -0.462 e. The highest BCUT2D eigenvalue weighted by Gasteiger charge is 2.57. The molecule has 28 nitrogen and oxygen atoms in total. The lowest BCUT2D eigenvalue weighted by Crippen LogP contribution is -2.59. The Bertz CT molecular complexity index is 3770. The number of esters is 2. The molecule has 1 N–H and O–H groups in total. The van der Waals surface area contributed by atoms with Crippen LogP contribution in [-0.4, -0.2) is 267 Å². The highest BCUT2D eigenvalue weighted by Crippen LogP contribution is 2.58. The topological polar surface area (TPSA) is 294 Å². The lowest BCUT2D eigenvalue weighted by atomic mass is 9.67. The van der Waals surface area contributed by atoms with Crippen LogP contribution in [0.5, 0.6) is 0 Å². The number of ketones is 2. The molecule has 6 aliphatic carbocycles. The maximum Gasteiger partial charge on any atom is 0.306 e. The standard InChI is InChI=1S/C42H67NO10.C41H65NO10.C11H15ClN4O2/c1-11-26-13-12-14-35(53-37-16-15-34(43(6)7)24(4)49-37)23(3)38(45)33-20-31-29(32(33)21-36(44)51-26)17-22(2)28-18-27(19-30(28)31)52-42-41(48-10)40(47-9)39(46-8)25(5)50-42;1-10-26-12-11-13-34(52-36-17-16-33(42(5)6)23(3)48-36)22(2)37(44)32-20-30-28(31(32)21-35(43)50-26)15-14-25-18-27(19-29(25)30)51-41-40(47-9)39(46-8)38(45-7)24(4)49-41;1-3-15(11(13-2)8-16(17)18)7-9-4-5-10(12)14-6-9/h17,20,23-32,34-35,37,39-42H,11-16,18-19,21H2,1-10H3;14-15,20,22-31,33-34,36,38-41H,10-13,16-19,21H2,1-9H3;4-6,8,13H,3,7H2,1-2H3/b;;11-8+/t23-,24-,25+,26+,27-,28+,29-,30-,31-,32+,34+,35+,37+,39+,40-,41-,42+;22-,23-,24+,25-,26+,27-,28-,29-,30-,31+,33+,34+,36+,38+,39-,40-,41+;/m11./s1. The number of aromatic nitrogens is 1. The summed E-state index contributed by atoms with van der Waals surface area (Å²) in [4.78, 5) is 76.8. The summed E-state index contributed by atoms with van der Waals surface area (Å²) in [5.41, 5.74) is 3.77. The second-order valence-electron chi connectivity index (χ2n) is 37.0. The summed E-state index contributed by atoms with van der Waals surface area (Å²) < 4.78 is 99.3. The van der Waals surface area contributed by atoms with Gasteiger partial charge in [0.25, 0.3) is 6.20 Å². The fourth-order valence-corrected chi connectivity index (χ4v) is 22.8. The van der Waals surface area contributed by atoms with Gasteiger partial charge in [0.05, 0.1) is 66.6 Å². The summed E-state index contributed by atoms with van der Waals surface area (Å²) >= 11 is 5.70. The number of ether oxygens (including phenoxy) is 16. The molecule has 1 aromatic heterocycles. The van der Waals surface area contributed by atoms with Gasteiger partial charge in [0.15, 0.2) is 42.5 Å². The van der Waals surface area contributed by atoms with Crippen LogP contribution in [0.25, 0.3) is 0 Å². The number of likely N-dealkylation sites (N-methyl/N-ethyl adjacent to an activating group) is 2. The van der Waals surface area contributed by atoms with Crippen molar-refractivity contribution in [1.82, 2.24) is 25.0 Å². The zero-order valence-electron chi connectivity index (χ0n) is 77.1. The van der Waals surface area contributed by atoms with E-state index >= 15 is 0 Å². The molecule has 34 atom stereocenters. The Balaban J connectivity index is 0.000000200. The Morgan fingerprint density at radius 2 is 1.02 bits per heavy atom. The van der Waals surface area contributed by atoms with Gasteiger partial charge < -0.3 is 95.8 Å². The molecular formula is C94H147ClN6O22. The van der Waals surface area contributed by atoms with Crippen molar-refractivity contribution in [3.63, 3.8) is 0 Å². The van der Waals surface area contributed by atoms with Gasteiger partial charge >= 0.3 is 11.9 Å². The molecule has 692 valence electrons. The highest BCUT2D eigenvalue weighted by molar-refractivity contribution is 6.29.